The third-order valence-electron chi connectivity index (χ3n) is 5.85. The van der Waals surface area contributed by atoms with Crippen molar-refractivity contribution in [2.24, 2.45) is 0 Å². The quantitative estimate of drug-likeness (QED) is 0.311. The summed E-state index contributed by atoms with van der Waals surface area (Å²) in [5, 5.41) is 37.6. The molecule has 8 nitrogen and oxygen atoms in total. The molecule has 0 aliphatic heterocycles. The molecule has 3 N–H and O–H groups in total. The van der Waals surface area contributed by atoms with Gasteiger partial charge in [0.05, 0.1) is 35.4 Å². The lowest BCUT2D eigenvalue weighted by molar-refractivity contribution is 0.0866. The van der Waals surface area contributed by atoms with Crippen molar-refractivity contribution in [3.8, 4) is 11.5 Å². The van der Waals surface area contributed by atoms with E-state index in [9.17, 15) is 15.3 Å². The highest BCUT2D eigenvalue weighted by Gasteiger charge is 2.24. The summed E-state index contributed by atoms with van der Waals surface area (Å²) in [7, 11) is 0. The zero-order valence-electron chi connectivity index (χ0n) is 20.0. The van der Waals surface area contributed by atoms with Gasteiger partial charge >= 0.3 is 0 Å². The Morgan fingerprint density at radius 1 is 1.00 bits per heavy atom. The second-order valence-corrected chi connectivity index (χ2v) is 9.56. The van der Waals surface area contributed by atoms with Gasteiger partial charge in [0.2, 0.25) is 0 Å². The Kier molecular flexibility index (Phi) is 9.38. The number of hydrogen-bond acceptors (Lipinski definition) is 7. The van der Waals surface area contributed by atoms with E-state index in [0.717, 1.165) is 11.1 Å². The van der Waals surface area contributed by atoms with Crippen LogP contribution in [0, 0.1) is 6.92 Å². The van der Waals surface area contributed by atoms with Crippen molar-refractivity contribution >= 4 is 23.2 Å². The van der Waals surface area contributed by atoms with Crippen molar-refractivity contribution in [3.63, 3.8) is 0 Å². The average Bonchev–Trinajstić information content (AvgIpc) is 3.20. The van der Waals surface area contributed by atoms with E-state index < -0.39 is 12.2 Å². The topological polar surface area (TPSA) is 110 Å². The van der Waals surface area contributed by atoms with Gasteiger partial charge in [-0.2, -0.15) is 0 Å². The Labute approximate surface area is 215 Å². The second kappa shape index (κ2) is 12.1. The van der Waals surface area contributed by atoms with Gasteiger partial charge < -0.3 is 24.8 Å². The summed E-state index contributed by atoms with van der Waals surface area (Å²) < 4.78 is 12.8. The number of hydrogen-bond donors (Lipinski definition) is 3. The molecule has 0 radical (unpaired) electrons. The summed E-state index contributed by atoms with van der Waals surface area (Å²) in [4.78, 5) is 0. The first-order chi connectivity index (χ1) is 16.6. The number of aromatic nitrogens is 3. The zero-order chi connectivity index (χ0) is 25.6. The van der Waals surface area contributed by atoms with Crippen LogP contribution in [0.2, 0.25) is 5.02 Å². The highest BCUT2D eigenvalue weighted by Crippen LogP contribution is 2.36. The summed E-state index contributed by atoms with van der Waals surface area (Å²) in [6.45, 7) is 6.06. The molecule has 3 rings (SSSR count). The van der Waals surface area contributed by atoms with Crippen LogP contribution < -0.4 is 9.47 Å². The Morgan fingerprint density at radius 3 is 2.29 bits per heavy atom. The van der Waals surface area contributed by atoms with Gasteiger partial charge in [-0.3, -0.25) is 0 Å². The molecule has 10 heteroatoms. The highest BCUT2D eigenvalue weighted by atomic mass is 35.5. The first kappa shape index (κ1) is 27.2. The normalized spacial score (nSPS) is 13.5. The Balaban J connectivity index is 1.61. The lowest BCUT2D eigenvalue weighted by atomic mass is 9.78. The van der Waals surface area contributed by atoms with E-state index in [1.807, 2.05) is 36.4 Å². The van der Waals surface area contributed by atoms with Gasteiger partial charge in [0.1, 0.15) is 36.9 Å². The van der Waals surface area contributed by atoms with E-state index in [4.69, 9.17) is 32.7 Å². The van der Waals surface area contributed by atoms with Crippen molar-refractivity contribution in [1.29, 1.82) is 0 Å². The molecule has 35 heavy (non-hydrogen) atoms. The first-order valence-corrected chi connectivity index (χ1v) is 12.1. The van der Waals surface area contributed by atoms with Crippen molar-refractivity contribution in [2.45, 2.75) is 51.5 Å². The molecule has 2 unspecified atom stereocenters. The number of nitrogens with zero attached hydrogens (tertiary/aromatic N) is 3. The minimum absolute atomic E-state index is 0.0714. The monoisotopic (exact) mass is 523 g/mol. The van der Waals surface area contributed by atoms with Crippen molar-refractivity contribution in [3.05, 3.63) is 70.0 Å². The smallest absolute Gasteiger partial charge is 0.138 e. The number of alkyl halides is 1. The molecule has 1 heterocycles. The number of aryl methyl sites for hydroxylation is 1. The van der Waals surface area contributed by atoms with Crippen molar-refractivity contribution in [1.82, 2.24) is 15.0 Å². The van der Waals surface area contributed by atoms with Gasteiger partial charge in [-0.15, -0.1) is 16.7 Å². The minimum atomic E-state index is -0.814. The molecule has 0 spiro atoms. The molecule has 190 valence electrons. The number of halogens is 2. The Morgan fingerprint density at radius 2 is 1.66 bits per heavy atom. The largest absolute Gasteiger partial charge is 0.491 e. The molecule has 0 fully saturated rings. The maximum Gasteiger partial charge on any atom is 0.138 e. The van der Waals surface area contributed by atoms with Gasteiger partial charge in [-0.25, -0.2) is 4.68 Å². The molecule has 0 amide bonds. The van der Waals surface area contributed by atoms with Crippen LogP contribution in [-0.2, 0) is 18.6 Å². The van der Waals surface area contributed by atoms with E-state index in [1.165, 1.54) is 4.68 Å². The SMILES string of the molecule is Cc1nnn(CC(O)COc2ccc(C(C)(C)c3ccc(OCC(O)CCl)c(Cl)c3)cc2)c1CO. The van der Waals surface area contributed by atoms with E-state index >= 15 is 0 Å². The molecule has 2 aromatic carbocycles. The summed E-state index contributed by atoms with van der Waals surface area (Å²) in [6, 6.07) is 13.3. The molecule has 0 aliphatic carbocycles. The summed E-state index contributed by atoms with van der Waals surface area (Å²) in [5.74, 6) is 1.21. The number of aliphatic hydroxyl groups excluding tert-OH is 3. The van der Waals surface area contributed by atoms with Gasteiger partial charge in [0.15, 0.2) is 0 Å². The fourth-order valence-corrected chi connectivity index (χ4v) is 3.90. The molecular formula is C25H31Cl2N3O5. The average molecular weight is 524 g/mol. The van der Waals surface area contributed by atoms with Gasteiger partial charge in [-0.05, 0) is 42.3 Å². The second-order valence-electron chi connectivity index (χ2n) is 8.84. The van der Waals surface area contributed by atoms with Crippen LogP contribution in [0.3, 0.4) is 0 Å². The lowest BCUT2D eigenvalue weighted by Crippen LogP contribution is -2.25. The molecule has 2 atom stereocenters. The zero-order valence-corrected chi connectivity index (χ0v) is 21.5. The van der Waals surface area contributed by atoms with E-state index in [-0.39, 0.29) is 37.7 Å². The fraction of sp³-hybridized carbons (Fsp3) is 0.440. The Hall–Kier alpha value is -2.36. The molecule has 0 aliphatic rings. The summed E-state index contributed by atoms with van der Waals surface area (Å²) in [5.41, 5.74) is 2.91. The third-order valence-corrected chi connectivity index (χ3v) is 6.50. The first-order valence-electron chi connectivity index (χ1n) is 11.2. The molecule has 3 aromatic rings. The van der Waals surface area contributed by atoms with Gasteiger partial charge in [0, 0.05) is 5.41 Å². The Bertz CT molecular complexity index is 1100. The number of rotatable bonds is 12. The molecule has 0 saturated carbocycles. The standard InChI is InChI=1S/C25H31Cl2N3O5/c1-16-23(13-31)30(29-28-16)12-20(33)15-34-21-7-4-17(5-8-21)25(2,3)18-6-9-24(22(27)10-18)35-14-19(32)11-26/h4-10,19-20,31-33H,11-15H2,1-3H3. The van der Waals surface area contributed by atoms with E-state index in [1.54, 1.807) is 13.0 Å². The van der Waals surface area contributed by atoms with Crippen LogP contribution >= 0.6 is 23.2 Å². The molecule has 1 aromatic heterocycles. The minimum Gasteiger partial charge on any atom is -0.491 e. The summed E-state index contributed by atoms with van der Waals surface area (Å²) in [6.07, 6.45) is -1.57. The van der Waals surface area contributed by atoms with Gasteiger partial charge in [0.25, 0.3) is 0 Å². The maximum absolute atomic E-state index is 10.3. The molecular weight excluding hydrogens is 493 g/mol. The predicted molar refractivity (Wildman–Crippen MR) is 134 cm³/mol. The number of benzene rings is 2. The van der Waals surface area contributed by atoms with E-state index in [0.29, 0.717) is 27.9 Å². The van der Waals surface area contributed by atoms with Crippen LogP contribution in [0.15, 0.2) is 42.5 Å². The number of aliphatic hydroxyl groups is 3. The maximum atomic E-state index is 10.3. The van der Waals surface area contributed by atoms with Crippen LogP contribution in [0.25, 0.3) is 0 Å². The predicted octanol–water partition coefficient (Wildman–Crippen LogP) is 3.48. The fourth-order valence-electron chi connectivity index (χ4n) is 3.58. The van der Waals surface area contributed by atoms with Gasteiger partial charge in [-0.1, -0.05) is 48.9 Å². The van der Waals surface area contributed by atoms with Crippen LogP contribution in [0.4, 0.5) is 0 Å². The number of ether oxygens (including phenoxy) is 2. The van der Waals surface area contributed by atoms with E-state index in [2.05, 4.69) is 24.2 Å². The van der Waals surface area contributed by atoms with Crippen LogP contribution in [-0.4, -0.2) is 61.6 Å². The lowest BCUT2D eigenvalue weighted by Gasteiger charge is -2.27. The highest BCUT2D eigenvalue weighted by molar-refractivity contribution is 6.32. The van der Waals surface area contributed by atoms with Crippen LogP contribution in [0.5, 0.6) is 11.5 Å². The van der Waals surface area contributed by atoms with Crippen molar-refractivity contribution in [2.75, 3.05) is 19.1 Å². The van der Waals surface area contributed by atoms with Crippen LogP contribution in [0.1, 0.15) is 36.4 Å². The molecule has 0 bridgehead atoms. The van der Waals surface area contributed by atoms with Crippen molar-refractivity contribution < 1.29 is 24.8 Å². The summed E-state index contributed by atoms with van der Waals surface area (Å²) >= 11 is 12.0. The molecule has 0 saturated heterocycles. The third kappa shape index (κ3) is 6.86.